The molecule has 0 fully saturated rings. The number of rotatable bonds is 4. The zero-order valence-corrected chi connectivity index (χ0v) is 13.5. The maximum Gasteiger partial charge on any atom is 0.0468 e. The van der Waals surface area contributed by atoms with Crippen molar-refractivity contribution < 1.29 is 0 Å². The minimum Gasteiger partial charge on any atom is -0.398 e. The molecule has 4 heteroatoms. The minimum absolute atomic E-state index is 0.751. The Bertz CT molecular complexity index is 692. The maximum atomic E-state index is 6.20. The van der Waals surface area contributed by atoms with E-state index in [9.17, 15) is 0 Å². The third-order valence-corrected chi connectivity index (χ3v) is 5.25. The van der Waals surface area contributed by atoms with Crippen LogP contribution in [0, 0.1) is 0 Å². The zero-order valence-electron chi connectivity index (χ0n) is 11.9. The van der Waals surface area contributed by atoms with Gasteiger partial charge in [0.15, 0.2) is 0 Å². The first-order valence-corrected chi connectivity index (χ1v) is 8.50. The predicted octanol–water partition coefficient (Wildman–Crippen LogP) is 5.15. The van der Waals surface area contributed by atoms with Crippen LogP contribution in [0.4, 0.5) is 11.4 Å². The standard InChI is InChI=1S/C18H16N2S2/c19-15-12-18(22-14-9-5-2-6-10-14)16(20)11-17(15)21-13-7-3-1-4-8-13/h1-12H,19-20H2. The molecule has 0 aliphatic rings. The molecule has 0 spiro atoms. The molecule has 0 saturated carbocycles. The molecule has 0 atom stereocenters. The van der Waals surface area contributed by atoms with Crippen molar-refractivity contribution in [3.05, 3.63) is 72.8 Å². The first-order valence-electron chi connectivity index (χ1n) is 6.87. The quantitative estimate of drug-likeness (QED) is 0.651. The van der Waals surface area contributed by atoms with Crippen molar-refractivity contribution >= 4 is 34.9 Å². The molecule has 0 aromatic heterocycles. The number of benzene rings is 3. The van der Waals surface area contributed by atoms with Crippen LogP contribution >= 0.6 is 23.5 Å². The molecule has 2 nitrogen and oxygen atoms in total. The normalized spacial score (nSPS) is 10.5. The van der Waals surface area contributed by atoms with Crippen LogP contribution in [0.5, 0.6) is 0 Å². The summed E-state index contributed by atoms with van der Waals surface area (Å²) in [6.45, 7) is 0. The Morgan fingerprint density at radius 1 is 0.545 bits per heavy atom. The van der Waals surface area contributed by atoms with Gasteiger partial charge in [-0.2, -0.15) is 0 Å². The molecule has 0 aliphatic carbocycles. The summed E-state index contributed by atoms with van der Waals surface area (Å²) < 4.78 is 0. The van der Waals surface area contributed by atoms with Crippen molar-refractivity contribution in [3.63, 3.8) is 0 Å². The lowest BCUT2D eigenvalue weighted by molar-refractivity contribution is 1.34. The van der Waals surface area contributed by atoms with Crippen LogP contribution in [-0.2, 0) is 0 Å². The molecule has 110 valence electrons. The molecule has 0 aliphatic heterocycles. The highest BCUT2D eigenvalue weighted by Gasteiger charge is 2.09. The van der Waals surface area contributed by atoms with Crippen LogP contribution in [0.15, 0.2) is 92.4 Å². The van der Waals surface area contributed by atoms with Crippen molar-refractivity contribution in [1.29, 1.82) is 0 Å². The minimum atomic E-state index is 0.751. The van der Waals surface area contributed by atoms with Crippen molar-refractivity contribution in [2.75, 3.05) is 11.5 Å². The van der Waals surface area contributed by atoms with Gasteiger partial charge < -0.3 is 11.5 Å². The second kappa shape index (κ2) is 6.81. The van der Waals surface area contributed by atoms with Gasteiger partial charge in [0.25, 0.3) is 0 Å². The van der Waals surface area contributed by atoms with E-state index in [1.807, 2.05) is 48.5 Å². The van der Waals surface area contributed by atoms with Crippen LogP contribution in [-0.4, -0.2) is 0 Å². The lowest BCUT2D eigenvalue weighted by Crippen LogP contribution is -1.95. The van der Waals surface area contributed by atoms with Crippen molar-refractivity contribution in [3.8, 4) is 0 Å². The zero-order chi connectivity index (χ0) is 15.4. The summed E-state index contributed by atoms with van der Waals surface area (Å²) in [5.41, 5.74) is 13.9. The third kappa shape index (κ3) is 3.59. The summed E-state index contributed by atoms with van der Waals surface area (Å²) in [4.78, 5) is 4.27. The Morgan fingerprint density at radius 2 is 0.909 bits per heavy atom. The summed E-state index contributed by atoms with van der Waals surface area (Å²) in [5, 5.41) is 0. The first kappa shape index (κ1) is 14.9. The number of hydrogen-bond donors (Lipinski definition) is 2. The van der Waals surface area contributed by atoms with Gasteiger partial charge in [0, 0.05) is 31.0 Å². The van der Waals surface area contributed by atoms with Gasteiger partial charge in [-0.1, -0.05) is 59.9 Å². The topological polar surface area (TPSA) is 52.0 Å². The summed E-state index contributed by atoms with van der Waals surface area (Å²) in [7, 11) is 0. The van der Waals surface area contributed by atoms with Crippen LogP contribution in [0.3, 0.4) is 0 Å². The van der Waals surface area contributed by atoms with Crippen molar-refractivity contribution in [2.24, 2.45) is 0 Å². The summed E-state index contributed by atoms with van der Waals surface area (Å²) in [6, 6.07) is 24.2. The van der Waals surface area contributed by atoms with Gasteiger partial charge in [-0.05, 0) is 36.4 Å². The number of nitrogens with two attached hydrogens (primary N) is 2. The molecule has 0 saturated heterocycles. The molecule has 3 rings (SSSR count). The predicted molar refractivity (Wildman–Crippen MR) is 96.4 cm³/mol. The highest BCUT2D eigenvalue weighted by atomic mass is 32.2. The van der Waals surface area contributed by atoms with E-state index in [1.165, 1.54) is 0 Å². The first-order chi connectivity index (χ1) is 10.7. The Labute approximate surface area is 138 Å². The lowest BCUT2D eigenvalue weighted by Gasteiger charge is -2.11. The smallest absolute Gasteiger partial charge is 0.0468 e. The van der Waals surface area contributed by atoms with E-state index in [4.69, 9.17) is 11.5 Å². The molecular weight excluding hydrogens is 308 g/mol. The Hall–Kier alpha value is -2.04. The highest BCUT2D eigenvalue weighted by Crippen LogP contribution is 2.39. The van der Waals surface area contributed by atoms with E-state index in [-0.39, 0.29) is 0 Å². The van der Waals surface area contributed by atoms with Crippen LogP contribution in [0.1, 0.15) is 0 Å². The van der Waals surface area contributed by atoms with Crippen molar-refractivity contribution in [2.45, 2.75) is 19.6 Å². The fraction of sp³-hybridized carbons (Fsp3) is 0. The van der Waals surface area contributed by atoms with E-state index >= 15 is 0 Å². The largest absolute Gasteiger partial charge is 0.398 e. The van der Waals surface area contributed by atoms with Crippen LogP contribution in [0.2, 0.25) is 0 Å². The molecule has 0 radical (unpaired) electrons. The average molecular weight is 324 g/mol. The van der Waals surface area contributed by atoms with E-state index in [0.717, 1.165) is 31.0 Å². The number of hydrogen-bond acceptors (Lipinski definition) is 4. The van der Waals surface area contributed by atoms with Gasteiger partial charge in [-0.15, -0.1) is 0 Å². The average Bonchev–Trinajstić information content (AvgIpc) is 2.54. The molecule has 3 aromatic carbocycles. The molecule has 4 N–H and O–H groups in total. The molecule has 0 heterocycles. The van der Waals surface area contributed by atoms with Gasteiger partial charge >= 0.3 is 0 Å². The molecule has 0 amide bonds. The fourth-order valence-electron chi connectivity index (χ4n) is 2.00. The third-order valence-electron chi connectivity index (χ3n) is 3.08. The second-order valence-corrected chi connectivity index (χ2v) is 6.99. The molecule has 0 unspecified atom stereocenters. The molecular formula is C18H16N2S2. The van der Waals surface area contributed by atoms with Gasteiger partial charge in [0.05, 0.1) is 0 Å². The van der Waals surface area contributed by atoms with Crippen LogP contribution < -0.4 is 11.5 Å². The van der Waals surface area contributed by atoms with Gasteiger partial charge in [0.2, 0.25) is 0 Å². The lowest BCUT2D eigenvalue weighted by atomic mass is 10.3. The summed E-state index contributed by atoms with van der Waals surface area (Å²) in [6.07, 6.45) is 0. The van der Waals surface area contributed by atoms with E-state index in [0.29, 0.717) is 0 Å². The van der Waals surface area contributed by atoms with E-state index in [2.05, 4.69) is 24.3 Å². The number of nitrogen functional groups attached to an aromatic ring is 2. The Kier molecular flexibility index (Phi) is 4.61. The summed E-state index contributed by atoms with van der Waals surface area (Å²) >= 11 is 3.26. The molecule has 0 bridgehead atoms. The Morgan fingerprint density at radius 3 is 1.27 bits per heavy atom. The maximum absolute atomic E-state index is 6.20. The second-order valence-electron chi connectivity index (χ2n) is 4.76. The monoisotopic (exact) mass is 324 g/mol. The van der Waals surface area contributed by atoms with E-state index < -0.39 is 0 Å². The van der Waals surface area contributed by atoms with E-state index in [1.54, 1.807) is 23.5 Å². The van der Waals surface area contributed by atoms with Crippen LogP contribution in [0.25, 0.3) is 0 Å². The highest BCUT2D eigenvalue weighted by molar-refractivity contribution is 8.00. The summed E-state index contributed by atoms with van der Waals surface area (Å²) in [5.74, 6) is 0. The Balaban J connectivity index is 1.85. The van der Waals surface area contributed by atoms with Crippen molar-refractivity contribution in [1.82, 2.24) is 0 Å². The number of anilines is 2. The van der Waals surface area contributed by atoms with Gasteiger partial charge in [0.1, 0.15) is 0 Å². The molecule has 22 heavy (non-hydrogen) atoms. The SMILES string of the molecule is Nc1cc(Sc2ccccc2)c(N)cc1Sc1ccccc1. The fourth-order valence-corrected chi connectivity index (χ4v) is 3.82. The molecule has 3 aromatic rings. The van der Waals surface area contributed by atoms with Gasteiger partial charge in [-0.3, -0.25) is 0 Å². The van der Waals surface area contributed by atoms with Gasteiger partial charge in [-0.25, -0.2) is 0 Å².